The number of hydrogen-bond acceptors (Lipinski definition) is 5. The van der Waals surface area contributed by atoms with Crippen molar-refractivity contribution in [1.29, 1.82) is 0 Å². The summed E-state index contributed by atoms with van der Waals surface area (Å²) in [4.78, 5) is 18.0. The quantitative estimate of drug-likeness (QED) is 0.690. The number of thiazole rings is 1. The zero-order valence-electron chi connectivity index (χ0n) is 13.3. The molecule has 1 unspecified atom stereocenters. The van der Waals surface area contributed by atoms with Gasteiger partial charge in [-0.25, -0.2) is 4.98 Å². The van der Waals surface area contributed by atoms with Crippen molar-refractivity contribution in [2.24, 2.45) is 0 Å². The van der Waals surface area contributed by atoms with Crippen LogP contribution in [0.3, 0.4) is 0 Å². The molecule has 2 heterocycles. The van der Waals surface area contributed by atoms with Crippen molar-refractivity contribution in [2.75, 3.05) is 0 Å². The van der Waals surface area contributed by atoms with Gasteiger partial charge in [-0.3, -0.25) is 4.79 Å². The van der Waals surface area contributed by atoms with Gasteiger partial charge in [0.1, 0.15) is 12.4 Å². The minimum absolute atomic E-state index is 0.0581. The maximum atomic E-state index is 12.6. The molecule has 0 fully saturated rings. The summed E-state index contributed by atoms with van der Waals surface area (Å²) in [5, 5.41) is 7.03. The second-order valence-corrected chi connectivity index (χ2v) is 7.17. The van der Waals surface area contributed by atoms with Crippen molar-refractivity contribution in [3.8, 4) is 5.75 Å². The molecule has 1 amide bonds. The van der Waals surface area contributed by atoms with E-state index in [1.807, 2.05) is 41.9 Å². The van der Waals surface area contributed by atoms with E-state index in [0.717, 1.165) is 12.1 Å². The number of para-hydroxylation sites is 1. The number of hydrogen-bond donors (Lipinski definition) is 1. The van der Waals surface area contributed by atoms with Crippen molar-refractivity contribution in [3.63, 3.8) is 0 Å². The summed E-state index contributed by atoms with van der Waals surface area (Å²) >= 11 is 3.23. The summed E-state index contributed by atoms with van der Waals surface area (Å²) < 4.78 is 5.78. The van der Waals surface area contributed by atoms with Crippen LogP contribution >= 0.6 is 22.7 Å². The van der Waals surface area contributed by atoms with Crippen molar-refractivity contribution in [2.45, 2.75) is 26.0 Å². The molecule has 0 bridgehead atoms. The molecule has 0 saturated carbocycles. The third-order valence-electron chi connectivity index (χ3n) is 3.46. The number of rotatable bonds is 7. The second kappa shape index (κ2) is 8.08. The largest absolute Gasteiger partial charge is 0.486 e. The van der Waals surface area contributed by atoms with Crippen LogP contribution in [0.25, 0.3) is 0 Å². The number of nitrogens with zero attached hydrogens (tertiary/aromatic N) is 1. The number of benzene rings is 1. The number of nitrogens with one attached hydrogen (secondary N) is 1. The van der Waals surface area contributed by atoms with E-state index in [1.165, 1.54) is 16.2 Å². The number of aromatic nitrogens is 1. The molecule has 24 heavy (non-hydrogen) atoms. The van der Waals surface area contributed by atoms with Gasteiger partial charge in [0.15, 0.2) is 0 Å². The van der Waals surface area contributed by atoms with Crippen LogP contribution in [-0.2, 0) is 13.0 Å². The fraction of sp³-hybridized carbons (Fsp3) is 0.222. The molecule has 3 aromatic rings. The van der Waals surface area contributed by atoms with Crippen molar-refractivity contribution in [1.82, 2.24) is 10.3 Å². The van der Waals surface area contributed by atoms with Gasteiger partial charge < -0.3 is 10.1 Å². The van der Waals surface area contributed by atoms with Crippen LogP contribution in [0.5, 0.6) is 5.75 Å². The molecule has 2 aromatic heterocycles. The summed E-state index contributed by atoms with van der Waals surface area (Å²) in [6.07, 6.45) is 0.825. The Labute approximate surface area is 149 Å². The standard InChI is InChI=1S/C18H18N2O2S2/c1-13(9-15-5-4-8-24-15)20-18(21)16-6-2-3-7-17(16)22-10-14-11-23-12-19-14/h2-8,11-13H,9-10H2,1H3,(H,20,21). The Morgan fingerprint density at radius 1 is 1.29 bits per heavy atom. The second-order valence-electron chi connectivity index (χ2n) is 5.42. The van der Waals surface area contributed by atoms with E-state index in [4.69, 9.17) is 4.74 Å². The number of carbonyl (C=O) groups is 1. The molecule has 0 saturated heterocycles. The highest BCUT2D eigenvalue weighted by Gasteiger charge is 2.15. The highest BCUT2D eigenvalue weighted by Crippen LogP contribution is 2.20. The minimum atomic E-state index is -0.118. The molecule has 6 heteroatoms. The number of amides is 1. The van der Waals surface area contributed by atoms with Gasteiger partial charge in [0.25, 0.3) is 5.91 Å². The molecular weight excluding hydrogens is 340 g/mol. The van der Waals surface area contributed by atoms with Gasteiger partial charge >= 0.3 is 0 Å². The molecular formula is C18H18N2O2S2. The molecule has 0 aliphatic heterocycles. The first-order chi connectivity index (χ1) is 11.7. The van der Waals surface area contributed by atoms with E-state index in [9.17, 15) is 4.79 Å². The Kier molecular flexibility index (Phi) is 5.61. The van der Waals surface area contributed by atoms with Gasteiger partial charge in [-0.2, -0.15) is 0 Å². The first-order valence-corrected chi connectivity index (χ1v) is 9.47. The van der Waals surface area contributed by atoms with Crippen LogP contribution in [0.15, 0.2) is 52.7 Å². The van der Waals surface area contributed by atoms with Gasteiger partial charge in [-0.05, 0) is 30.5 Å². The smallest absolute Gasteiger partial charge is 0.255 e. The van der Waals surface area contributed by atoms with Crippen LogP contribution in [0.1, 0.15) is 27.9 Å². The molecule has 1 N–H and O–H groups in total. The molecule has 0 spiro atoms. The van der Waals surface area contributed by atoms with Gasteiger partial charge in [-0.1, -0.05) is 18.2 Å². The predicted molar refractivity (Wildman–Crippen MR) is 97.8 cm³/mol. The highest BCUT2D eigenvalue weighted by atomic mass is 32.1. The topological polar surface area (TPSA) is 51.2 Å². The number of thiophene rings is 1. The van der Waals surface area contributed by atoms with Gasteiger partial charge in [0, 0.05) is 22.7 Å². The van der Waals surface area contributed by atoms with E-state index in [0.29, 0.717) is 17.9 Å². The molecule has 0 aliphatic rings. The van der Waals surface area contributed by atoms with E-state index >= 15 is 0 Å². The summed E-state index contributed by atoms with van der Waals surface area (Å²) in [6.45, 7) is 2.37. The lowest BCUT2D eigenvalue weighted by atomic mass is 10.1. The van der Waals surface area contributed by atoms with Crippen LogP contribution in [0.4, 0.5) is 0 Å². The third-order valence-corrected chi connectivity index (χ3v) is 4.99. The number of carbonyl (C=O) groups excluding carboxylic acids is 1. The Morgan fingerprint density at radius 2 is 2.17 bits per heavy atom. The van der Waals surface area contributed by atoms with Crippen molar-refractivity contribution < 1.29 is 9.53 Å². The Hall–Kier alpha value is -2.18. The average Bonchev–Trinajstić information content (AvgIpc) is 3.26. The molecule has 124 valence electrons. The number of ether oxygens (including phenoxy) is 1. The third kappa shape index (κ3) is 4.43. The Balaban J connectivity index is 1.63. The van der Waals surface area contributed by atoms with Crippen LogP contribution in [-0.4, -0.2) is 16.9 Å². The molecule has 4 nitrogen and oxygen atoms in total. The lowest BCUT2D eigenvalue weighted by molar-refractivity contribution is 0.0935. The molecule has 0 radical (unpaired) electrons. The first-order valence-electron chi connectivity index (χ1n) is 7.64. The zero-order chi connectivity index (χ0) is 16.8. The Morgan fingerprint density at radius 3 is 2.92 bits per heavy atom. The van der Waals surface area contributed by atoms with E-state index in [1.54, 1.807) is 22.9 Å². The normalized spacial score (nSPS) is 11.9. The molecule has 1 aromatic carbocycles. The monoisotopic (exact) mass is 358 g/mol. The molecule has 0 aliphatic carbocycles. The van der Waals surface area contributed by atoms with E-state index in [-0.39, 0.29) is 11.9 Å². The van der Waals surface area contributed by atoms with E-state index in [2.05, 4.69) is 16.4 Å². The van der Waals surface area contributed by atoms with Gasteiger partial charge in [0.05, 0.1) is 16.8 Å². The Bertz CT molecular complexity index is 770. The maximum Gasteiger partial charge on any atom is 0.255 e. The average molecular weight is 358 g/mol. The van der Waals surface area contributed by atoms with Gasteiger partial charge in [-0.15, -0.1) is 22.7 Å². The molecule has 1 atom stereocenters. The fourth-order valence-electron chi connectivity index (χ4n) is 2.32. The van der Waals surface area contributed by atoms with Crippen LogP contribution < -0.4 is 10.1 Å². The van der Waals surface area contributed by atoms with Crippen molar-refractivity contribution in [3.05, 3.63) is 68.8 Å². The lowest BCUT2D eigenvalue weighted by Crippen LogP contribution is -2.34. The maximum absolute atomic E-state index is 12.6. The minimum Gasteiger partial charge on any atom is -0.486 e. The SMILES string of the molecule is CC(Cc1cccs1)NC(=O)c1ccccc1OCc1cscn1. The van der Waals surface area contributed by atoms with E-state index < -0.39 is 0 Å². The first kappa shape index (κ1) is 16.7. The van der Waals surface area contributed by atoms with Crippen LogP contribution in [0, 0.1) is 0 Å². The van der Waals surface area contributed by atoms with Gasteiger partial charge in [0.2, 0.25) is 0 Å². The highest BCUT2D eigenvalue weighted by molar-refractivity contribution is 7.09. The van der Waals surface area contributed by atoms with Crippen LogP contribution in [0.2, 0.25) is 0 Å². The summed E-state index contributed by atoms with van der Waals surface area (Å²) in [7, 11) is 0. The zero-order valence-corrected chi connectivity index (χ0v) is 14.9. The fourth-order valence-corrected chi connectivity index (χ4v) is 3.70. The summed E-state index contributed by atoms with van der Waals surface area (Å²) in [5.74, 6) is 0.458. The van der Waals surface area contributed by atoms with Crippen molar-refractivity contribution >= 4 is 28.6 Å². The lowest BCUT2D eigenvalue weighted by Gasteiger charge is -2.15. The predicted octanol–water partition coefficient (Wildman–Crippen LogP) is 4.14. The summed E-state index contributed by atoms with van der Waals surface area (Å²) in [6, 6.07) is 11.5. The molecule has 3 rings (SSSR count). The summed E-state index contributed by atoms with van der Waals surface area (Å²) in [5.41, 5.74) is 3.18.